The number of benzene rings is 2. The van der Waals surface area contributed by atoms with Crippen molar-refractivity contribution in [3.8, 4) is 5.75 Å². The van der Waals surface area contributed by atoms with Crippen LogP contribution in [0.3, 0.4) is 0 Å². The number of nitrogens with zero attached hydrogens (tertiary/aromatic N) is 4. The number of hydrogen-bond donors (Lipinski definition) is 1. The Kier molecular flexibility index (Phi) is 9.93. The monoisotopic (exact) mass is 565 g/mol. The van der Waals surface area contributed by atoms with Crippen LogP contribution in [0.4, 0.5) is 11.4 Å². The molecule has 8 heteroatoms. The predicted octanol–water partition coefficient (Wildman–Crippen LogP) is 3.44. The van der Waals surface area contributed by atoms with E-state index in [1.54, 1.807) is 7.11 Å². The van der Waals surface area contributed by atoms with E-state index >= 15 is 0 Å². The van der Waals surface area contributed by atoms with Crippen LogP contribution in [0.5, 0.6) is 5.75 Å². The molecular formula is C25H36IN5O2. The third kappa shape index (κ3) is 6.44. The maximum Gasteiger partial charge on any atom is 0.194 e. The molecule has 2 aromatic rings. The van der Waals surface area contributed by atoms with E-state index in [-0.39, 0.29) is 24.0 Å². The zero-order valence-electron chi connectivity index (χ0n) is 19.7. The summed E-state index contributed by atoms with van der Waals surface area (Å²) >= 11 is 0. The molecule has 0 atom stereocenters. The second-order valence-corrected chi connectivity index (χ2v) is 8.04. The number of nitrogens with one attached hydrogen (secondary N) is 1. The number of hydrogen-bond acceptors (Lipinski definition) is 5. The first-order chi connectivity index (χ1) is 15.8. The molecule has 1 N–H and O–H groups in total. The van der Waals surface area contributed by atoms with Crippen LogP contribution in [0.15, 0.2) is 53.5 Å². The van der Waals surface area contributed by atoms with Crippen molar-refractivity contribution in [2.45, 2.75) is 13.5 Å². The molecule has 0 spiro atoms. The number of para-hydroxylation sites is 3. The van der Waals surface area contributed by atoms with Gasteiger partial charge in [0.1, 0.15) is 5.75 Å². The molecule has 2 aromatic carbocycles. The Morgan fingerprint density at radius 2 is 1.55 bits per heavy atom. The lowest BCUT2D eigenvalue weighted by atomic mass is 10.1. The summed E-state index contributed by atoms with van der Waals surface area (Å²) in [7, 11) is 1.74. The van der Waals surface area contributed by atoms with Gasteiger partial charge in [-0.25, -0.2) is 4.99 Å². The first-order valence-corrected chi connectivity index (χ1v) is 11.6. The number of morpholine rings is 1. The standard InChI is InChI=1S/C25H35N5O2.HI/c1-3-26-25(27-20-21-8-4-5-9-22(21)29-16-18-32-19-17-29)30-14-12-28(13-15-30)23-10-6-7-11-24(23)31-2;/h4-11H,3,12-20H2,1-2H3,(H,26,27);1H. The number of ether oxygens (including phenoxy) is 2. The minimum absolute atomic E-state index is 0. The highest BCUT2D eigenvalue weighted by molar-refractivity contribution is 14.0. The van der Waals surface area contributed by atoms with Gasteiger partial charge in [0.25, 0.3) is 0 Å². The Morgan fingerprint density at radius 1 is 0.909 bits per heavy atom. The molecule has 0 aromatic heterocycles. The lowest BCUT2D eigenvalue weighted by Crippen LogP contribution is -2.52. The van der Waals surface area contributed by atoms with Gasteiger partial charge < -0.3 is 29.5 Å². The zero-order valence-corrected chi connectivity index (χ0v) is 22.0. The van der Waals surface area contributed by atoms with E-state index in [0.717, 1.165) is 76.4 Å². The van der Waals surface area contributed by atoms with Gasteiger partial charge in [-0.1, -0.05) is 30.3 Å². The van der Waals surface area contributed by atoms with Crippen LogP contribution in [0.2, 0.25) is 0 Å². The smallest absolute Gasteiger partial charge is 0.194 e. The van der Waals surface area contributed by atoms with Crippen LogP contribution in [0.25, 0.3) is 0 Å². The summed E-state index contributed by atoms with van der Waals surface area (Å²) in [5.41, 5.74) is 3.70. The fraction of sp³-hybridized carbons (Fsp3) is 0.480. The van der Waals surface area contributed by atoms with E-state index < -0.39 is 0 Å². The number of methoxy groups -OCH3 is 1. The Balaban J connectivity index is 0.00000306. The van der Waals surface area contributed by atoms with Gasteiger partial charge in [-0.3, -0.25) is 0 Å². The van der Waals surface area contributed by atoms with E-state index in [2.05, 4.69) is 63.3 Å². The van der Waals surface area contributed by atoms with Gasteiger partial charge in [0.05, 0.1) is 32.6 Å². The number of anilines is 2. The molecule has 0 unspecified atom stereocenters. The van der Waals surface area contributed by atoms with Crippen LogP contribution in [0.1, 0.15) is 12.5 Å². The van der Waals surface area contributed by atoms with Crippen molar-refractivity contribution in [2.75, 3.05) is 75.9 Å². The molecule has 2 aliphatic rings. The minimum atomic E-state index is 0. The molecule has 2 aliphatic heterocycles. The molecule has 2 fully saturated rings. The van der Waals surface area contributed by atoms with Gasteiger partial charge in [-0.2, -0.15) is 0 Å². The van der Waals surface area contributed by atoms with Crippen LogP contribution in [-0.4, -0.2) is 77.0 Å². The predicted molar refractivity (Wildman–Crippen MR) is 146 cm³/mol. The highest BCUT2D eigenvalue weighted by Gasteiger charge is 2.22. The second kappa shape index (κ2) is 12.9. The normalized spacial score (nSPS) is 16.9. The molecule has 2 heterocycles. The molecule has 33 heavy (non-hydrogen) atoms. The van der Waals surface area contributed by atoms with Gasteiger partial charge in [0, 0.05) is 51.5 Å². The molecule has 2 saturated heterocycles. The Hall–Kier alpha value is -2.20. The summed E-state index contributed by atoms with van der Waals surface area (Å²) in [6.45, 7) is 10.8. The van der Waals surface area contributed by atoms with Crippen LogP contribution in [-0.2, 0) is 11.3 Å². The summed E-state index contributed by atoms with van der Waals surface area (Å²) in [6.07, 6.45) is 0. The molecular weight excluding hydrogens is 529 g/mol. The van der Waals surface area contributed by atoms with Gasteiger partial charge >= 0.3 is 0 Å². The highest BCUT2D eigenvalue weighted by atomic mass is 127. The number of guanidine groups is 1. The first kappa shape index (κ1) is 25.4. The second-order valence-electron chi connectivity index (χ2n) is 8.04. The number of aliphatic imine (C=N–C) groups is 1. The van der Waals surface area contributed by atoms with Crippen molar-refractivity contribution in [3.05, 3.63) is 54.1 Å². The van der Waals surface area contributed by atoms with Crippen LogP contribution in [0, 0.1) is 0 Å². The summed E-state index contributed by atoms with van der Waals surface area (Å²) in [5, 5.41) is 3.50. The minimum Gasteiger partial charge on any atom is -0.495 e. The quantitative estimate of drug-likeness (QED) is 0.329. The SMILES string of the molecule is CCNC(=NCc1ccccc1N1CCOCC1)N1CCN(c2ccccc2OC)CC1.I. The van der Waals surface area contributed by atoms with Crippen molar-refractivity contribution in [1.82, 2.24) is 10.2 Å². The van der Waals surface area contributed by atoms with Crippen molar-refractivity contribution in [2.24, 2.45) is 4.99 Å². The van der Waals surface area contributed by atoms with Gasteiger partial charge in [-0.05, 0) is 30.7 Å². The summed E-state index contributed by atoms with van der Waals surface area (Å²) < 4.78 is 11.1. The lowest BCUT2D eigenvalue weighted by Gasteiger charge is -2.38. The van der Waals surface area contributed by atoms with Crippen molar-refractivity contribution in [3.63, 3.8) is 0 Å². The van der Waals surface area contributed by atoms with E-state index in [1.807, 2.05) is 12.1 Å². The first-order valence-electron chi connectivity index (χ1n) is 11.6. The molecule has 0 aliphatic carbocycles. The Morgan fingerprint density at radius 3 is 2.24 bits per heavy atom. The largest absolute Gasteiger partial charge is 0.495 e. The average Bonchev–Trinajstić information content (AvgIpc) is 2.87. The van der Waals surface area contributed by atoms with Gasteiger partial charge in [0.15, 0.2) is 5.96 Å². The zero-order chi connectivity index (χ0) is 22.2. The molecule has 7 nitrogen and oxygen atoms in total. The van der Waals surface area contributed by atoms with Crippen molar-refractivity contribution >= 4 is 41.3 Å². The maximum absolute atomic E-state index is 5.56. The van der Waals surface area contributed by atoms with E-state index in [0.29, 0.717) is 6.54 Å². The van der Waals surface area contributed by atoms with Crippen molar-refractivity contribution < 1.29 is 9.47 Å². The van der Waals surface area contributed by atoms with Crippen LogP contribution >= 0.6 is 24.0 Å². The number of piperazine rings is 1. The molecule has 0 radical (unpaired) electrons. The number of halogens is 1. The fourth-order valence-electron chi connectivity index (χ4n) is 4.39. The third-order valence-corrected chi connectivity index (χ3v) is 6.08. The van der Waals surface area contributed by atoms with E-state index in [4.69, 9.17) is 14.5 Å². The lowest BCUT2D eigenvalue weighted by molar-refractivity contribution is 0.122. The van der Waals surface area contributed by atoms with E-state index in [1.165, 1.54) is 11.3 Å². The summed E-state index contributed by atoms with van der Waals surface area (Å²) in [4.78, 5) is 12.2. The van der Waals surface area contributed by atoms with E-state index in [9.17, 15) is 0 Å². The molecule has 180 valence electrons. The molecule has 0 amide bonds. The van der Waals surface area contributed by atoms with Crippen LogP contribution < -0.4 is 19.9 Å². The molecule has 4 rings (SSSR count). The molecule has 0 bridgehead atoms. The Labute approximate surface area is 214 Å². The summed E-state index contributed by atoms with van der Waals surface area (Å²) in [6, 6.07) is 16.9. The Bertz CT molecular complexity index is 896. The fourth-order valence-corrected chi connectivity index (χ4v) is 4.39. The third-order valence-electron chi connectivity index (χ3n) is 6.08. The maximum atomic E-state index is 5.56. The summed E-state index contributed by atoms with van der Waals surface area (Å²) in [5.74, 6) is 1.92. The molecule has 0 saturated carbocycles. The average molecular weight is 566 g/mol. The topological polar surface area (TPSA) is 52.6 Å². The van der Waals surface area contributed by atoms with Gasteiger partial charge in [0.2, 0.25) is 0 Å². The van der Waals surface area contributed by atoms with Crippen molar-refractivity contribution in [1.29, 1.82) is 0 Å². The van der Waals surface area contributed by atoms with Gasteiger partial charge in [-0.15, -0.1) is 24.0 Å². The highest BCUT2D eigenvalue weighted by Crippen LogP contribution is 2.28. The number of rotatable bonds is 6.